The number of aromatic carboxylic acids is 1. The zero-order valence-electron chi connectivity index (χ0n) is 21.9. The average molecular weight is 583 g/mol. The van der Waals surface area contributed by atoms with Crippen molar-refractivity contribution in [1.29, 1.82) is 0 Å². The Morgan fingerprint density at radius 1 is 1.17 bits per heavy atom. The molecule has 0 saturated heterocycles. The Morgan fingerprint density at radius 2 is 1.72 bits per heavy atom. The number of ketones is 1. The number of carboxylic acids is 1. The molecule has 0 bridgehead atoms. The number of halogens is 1. The van der Waals surface area contributed by atoms with Crippen LogP contribution in [0.3, 0.4) is 0 Å². The molecule has 1 aromatic carbocycles. The normalized spacial score (nSPS) is 13.6. The zero-order valence-corrected chi connectivity index (χ0v) is 24.3. The Morgan fingerprint density at radius 3 is 2.17 bits per heavy atom. The van der Waals surface area contributed by atoms with E-state index in [1.54, 1.807) is 26.0 Å². The van der Waals surface area contributed by atoms with Crippen molar-refractivity contribution in [2.75, 3.05) is 5.32 Å². The van der Waals surface area contributed by atoms with Crippen molar-refractivity contribution >= 4 is 49.1 Å². The lowest BCUT2D eigenvalue weighted by Crippen LogP contribution is -2.17. The number of rotatable bonds is 6. The minimum Gasteiger partial charge on any atom is -0.478 e. The predicted octanol–water partition coefficient (Wildman–Crippen LogP) is 7.01. The van der Waals surface area contributed by atoms with Gasteiger partial charge < -0.3 is 10.4 Å². The van der Waals surface area contributed by atoms with E-state index in [0.717, 1.165) is 0 Å². The molecule has 1 heterocycles. The van der Waals surface area contributed by atoms with Crippen LogP contribution >= 0.6 is 15.9 Å². The summed E-state index contributed by atoms with van der Waals surface area (Å²) in [5.74, 6) is -1.81. The second kappa shape index (κ2) is 17.4. The highest BCUT2D eigenvalue weighted by molar-refractivity contribution is 9.10. The maximum Gasteiger partial charge on any atom is 0.337 e. The molecular formula is C27H36BrNO6S. The third kappa shape index (κ3) is 9.91. The molecule has 1 aliphatic heterocycles. The number of carbonyl (C=O) groups excluding carboxylic acids is 2. The highest BCUT2D eigenvalue weighted by Gasteiger charge is 2.29. The fourth-order valence-electron chi connectivity index (χ4n) is 2.55. The number of benzene rings is 1. The van der Waals surface area contributed by atoms with Gasteiger partial charge in [0.2, 0.25) is 9.84 Å². The molecule has 9 heteroatoms. The predicted molar refractivity (Wildman–Crippen MR) is 152 cm³/mol. The van der Waals surface area contributed by atoms with Gasteiger partial charge in [-0.25, -0.2) is 13.2 Å². The van der Waals surface area contributed by atoms with Crippen molar-refractivity contribution in [3.8, 4) is 0 Å². The quantitative estimate of drug-likeness (QED) is 0.275. The van der Waals surface area contributed by atoms with Gasteiger partial charge in [0.05, 0.1) is 21.1 Å². The SMILES string of the molecule is C/C=C\C1=C(C)C(=O)C=C(CC)S1(=O)=O.C=CC(=C)C(=O)Nc1ccc(Br)cc1C(=O)O.CC.CC. The first kappa shape index (κ1) is 35.1. The molecule has 0 spiro atoms. The minimum atomic E-state index is -3.43. The summed E-state index contributed by atoms with van der Waals surface area (Å²) in [6.07, 6.45) is 5.97. The number of nitrogens with one attached hydrogen (secondary N) is 1. The van der Waals surface area contributed by atoms with E-state index in [1.165, 1.54) is 37.3 Å². The van der Waals surface area contributed by atoms with Crippen LogP contribution in [-0.4, -0.2) is 31.2 Å². The van der Waals surface area contributed by atoms with Gasteiger partial charge in [-0.3, -0.25) is 9.59 Å². The van der Waals surface area contributed by atoms with Crippen LogP contribution in [0.25, 0.3) is 0 Å². The van der Waals surface area contributed by atoms with Crippen LogP contribution in [0.15, 0.2) is 81.1 Å². The topological polar surface area (TPSA) is 118 Å². The van der Waals surface area contributed by atoms with Crippen LogP contribution in [0.2, 0.25) is 0 Å². The summed E-state index contributed by atoms with van der Waals surface area (Å²) in [6.45, 7) is 19.9. The van der Waals surface area contributed by atoms with E-state index in [4.69, 9.17) is 5.11 Å². The van der Waals surface area contributed by atoms with Crippen LogP contribution in [0.4, 0.5) is 5.69 Å². The van der Waals surface area contributed by atoms with Crippen LogP contribution in [0, 0.1) is 0 Å². The fourth-order valence-corrected chi connectivity index (χ4v) is 4.66. The van der Waals surface area contributed by atoms with Gasteiger partial charge in [0, 0.05) is 21.7 Å². The molecule has 7 nitrogen and oxygen atoms in total. The monoisotopic (exact) mass is 581 g/mol. The summed E-state index contributed by atoms with van der Waals surface area (Å²) in [5, 5.41) is 11.4. The molecule has 0 unspecified atom stereocenters. The lowest BCUT2D eigenvalue weighted by molar-refractivity contribution is -0.112. The fraction of sp³-hybridized carbons (Fsp3) is 0.296. The summed E-state index contributed by atoms with van der Waals surface area (Å²) >= 11 is 3.16. The smallest absolute Gasteiger partial charge is 0.337 e. The molecule has 0 aliphatic carbocycles. The van der Waals surface area contributed by atoms with Crippen molar-refractivity contribution in [3.63, 3.8) is 0 Å². The van der Waals surface area contributed by atoms with E-state index in [2.05, 4.69) is 34.4 Å². The maximum absolute atomic E-state index is 12.0. The summed E-state index contributed by atoms with van der Waals surface area (Å²) in [7, 11) is -3.43. The van der Waals surface area contributed by atoms with Gasteiger partial charge in [-0.2, -0.15) is 0 Å². The number of hydrogen-bond donors (Lipinski definition) is 2. The van der Waals surface area contributed by atoms with Gasteiger partial charge in [0.1, 0.15) is 0 Å². The van der Waals surface area contributed by atoms with Gasteiger partial charge in [0.15, 0.2) is 5.78 Å². The number of carbonyl (C=O) groups is 3. The van der Waals surface area contributed by atoms with E-state index < -0.39 is 21.7 Å². The number of allylic oxidation sites excluding steroid dienone is 5. The summed E-state index contributed by atoms with van der Waals surface area (Å²) < 4.78 is 24.5. The van der Waals surface area contributed by atoms with Gasteiger partial charge >= 0.3 is 5.97 Å². The largest absolute Gasteiger partial charge is 0.478 e. The third-order valence-electron chi connectivity index (χ3n) is 4.33. The van der Waals surface area contributed by atoms with E-state index in [1.807, 2.05) is 27.7 Å². The van der Waals surface area contributed by atoms with E-state index in [-0.39, 0.29) is 32.4 Å². The van der Waals surface area contributed by atoms with Crippen molar-refractivity contribution in [3.05, 3.63) is 86.7 Å². The number of amides is 1. The highest BCUT2D eigenvalue weighted by Crippen LogP contribution is 2.29. The maximum atomic E-state index is 12.0. The molecule has 0 radical (unpaired) electrons. The van der Waals surface area contributed by atoms with Crippen LogP contribution in [0.5, 0.6) is 0 Å². The lowest BCUT2D eigenvalue weighted by atomic mass is 10.1. The Balaban J connectivity index is 0. The molecule has 198 valence electrons. The zero-order chi connectivity index (χ0) is 28.6. The van der Waals surface area contributed by atoms with Gasteiger partial charge in [0.25, 0.3) is 5.91 Å². The molecule has 1 aromatic rings. The Kier molecular flexibility index (Phi) is 17.0. The molecule has 0 atom stereocenters. The minimum absolute atomic E-state index is 0.00425. The Labute approximate surface area is 223 Å². The summed E-state index contributed by atoms with van der Waals surface area (Å²) in [4.78, 5) is 34.3. The Bertz CT molecular complexity index is 1170. The molecule has 1 amide bonds. The Hall–Kier alpha value is -3.04. The van der Waals surface area contributed by atoms with E-state index in [9.17, 15) is 22.8 Å². The van der Waals surface area contributed by atoms with Gasteiger partial charge in [-0.1, -0.05) is 75.9 Å². The van der Waals surface area contributed by atoms with Crippen molar-refractivity contribution in [1.82, 2.24) is 0 Å². The molecule has 0 fully saturated rings. The number of sulfone groups is 1. The van der Waals surface area contributed by atoms with Crippen molar-refractivity contribution in [2.45, 2.75) is 54.9 Å². The number of hydrogen-bond acceptors (Lipinski definition) is 5. The molecule has 0 aromatic heterocycles. The molecular weight excluding hydrogens is 546 g/mol. The first-order valence-electron chi connectivity index (χ1n) is 11.4. The molecule has 2 rings (SSSR count). The van der Waals surface area contributed by atoms with E-state index in [0.29, 0.717) is 16.5 Å². The summed E-state index contributed by atoms with van der Waals surface area (Å²) in [6, 6.07) is 4.55. The average Bonchev–Trinajstić information content (AvgIpc) is 2.87. The van der Waals surface area contributed by atoms with Gasteiger partial charge in [-0.15, -0.1) is 0 Å². The summed E-state index contributed by atoms with van der Waals surface area (Å²) in [5.41, 5.74) is 0.688. The molecule has 36 heavy (non-hydrogen) atoms. The first-order chi connectivity index (χ1) is 16.9. The number of carboxylic acid groups (broad SMARTS) is 1. The first-order valence-corrected chi connectivity index (χ1v) is 13.7. The number of anilines is 1. The molecule has 2 N–H and O–H groups in total. The second-order valence-electron chi connectivity index (χ2n) is 6.50. The van der Waals surface area contributed by atoms with Crippen LogP contribution in [-0.2, 0) is 19.4 Å². The highest BCUT2D eigenvalue weighted by atomic mass is 79.9. The van der Waals surface area contributed by atoms with Gasteiger partial charge in [-0.05, 0) is 44.5 Å². The third-order valence-corrected chi connectivity index (χ3v) is 6.94. The second-order valence-corrected chi connectivity index (χ2v) is 9.39. The molecule has 0 saturated carbocycles. The standard InChI is InChI=1S/C12H10BrNO3.C11H14O3S.2C2H6/c1-3-7(2)11(15)14-10-5-4-8(13)6-9(10)12(16)17;1-4-6-11-8(3)10(12)7-9(5-2)15(11,13)14;2*1-2/h3-6H,1-2H2,(H,14,15)(H,16,17);4,6-7H,5H2,1-3H3;2*1-2H3/b;6-4-;;. The van der Waals surface area contributed by atoms with Crippen molar-refractivity contribution < 1.29 is 27.9 Å². The lowest BCUT2D eigenvalue weighted by Gasteiger charge is -2.15. The van der Waals surface area contributed by atoms with Crippen LogP contribution < -0.4 is 5.32 Å². The van der Waals surface area contributed by atoms with E-state index >= 15 is 0 Å². The van der Waals surface area contributed by atoms with Crippen LogP contribution in [0.1, 0.15) is 65.2 Å². The molecule has 1 aliphatic rings. The van der Waals surface area contributed by atoms with Crippen molar-refractivity contribution in [2.24, 2.45) is 0 Å².